The minimum atomic E-state index is -0.484. The predicted molar refractivity (Wildman–Crippen MR) is 78.6 cm³/mol. The normalized spacial score (nSPS) is 10.8. The molecule has 1 aromatic heterocycles. The van der Waals surface area contributed by atoms with Gasteiger partial charge in [0.05, 0.1) is 17.0 Å². The molecule has 0 saturated heterocycles. The zero-order chi connectivity index (χ0) is 15.2. The van der Waals surface area contributed by atoms with E-state index in [2.05, 4.69) is 12.2 Å². The molecule has 112 valence electrons. The van der Waals surface area contributed by atoms with Gasteiger partial charge in [-0.05, 0) is 36.7 Å². The second-order valence-electron chi connectivity index (χ2n) is 4.90. The molecular weight excluding hydrogens is 273 g/mol. The Balaban J connectivity index is 2.11. The highest BCUT2D eigenvalue weighted by atomic mass is 19.1. The van der Waals surface area contributed by atoms with Crippen LogP contribution >= 0.6 is 0 Å². The maximum absolute atomic E-state index is 13.3. The summed E-state index contributed by atoms with van der Waals surface area (Å²) in [4.78, 5) is 10.5. The Morgan fingerprint density at radius 1 is 1.38 bits per heavy atom. The van der Waals surface area contributed by atoms with Crippen molar-refractivity contribution in [1.82, 2.24) is 9.88 Å². The van der Waals surface area contributed by atoms with Crippen molar-refractivity contribution in [1.29, 1.82) is 0 Å². The minimum absolute atomic E-state index is 0.0595. The zero-order valence-corrected chi connectivity index (χ0v) is 11.9. The molecule has 2 aromatic rings. The second-order valence-corrected chi connectivity index (χ2v) is 4.90. The number of hydrogen-bond donors (Lipinski definition) is 1. The van der Waals surface area contributed by atoms with Crippen molar-refractivity contribution in [3.8, 4) is 0 Å². The molecule has 0 unspecified atom stereocenters. The zero-order valence-electron chi connectivity index (χ0n) is 11.9. The molecular formula is C15H18FN3O2. The van der Waals surface area contributed by atoms with E-state index in [0.717, 1.165) is 31.1 Å². The maximum Gasteiger partial charge on any atom is 0.274 e. The van der Waals surface area contributed by atoms with E-state index in [0.29, 0.717) is 5.56 Å². The number of nitrogens with zero attached hydrogens (tertiary/aromatic N) is 2. The number of rotatable bonds is 7. The molecule has 0 bridgehead atoms. The van der Waals surface area contributed by atoms with Gasteiger partial charge in [0, 0.05) is 25.0 Å². The third-order valence-electron chi connectivity index (χ3n) is 3.16. The van der Waals surface area contributed by atoms with Gasteiger partial charge in [-0.25, -0.2) is 4.39 Å². The average molecular weight is 291 g/mol. The first-order chi connectivity index (χ1) is 10.1. The molecule has 2 rings (SSSR count). The van der Waals surface area contributed by atoms with Gasteiger partial charge in [0.15, 0.2) is 0 Å². The van der Waals surface area contributed by atoms with Gasteiger partial charge < -0.3 is 9.88 Å². The van der Waals surface area contributed by atoms with Gasteiger partial charge in [-0.15, -0.1) is 0 Å². The first-order valence-electron chi connectivity index (χ1n) is 6.88. The summed E-state index contributed by atoms with van der Waals surface area (Å²) in [6, 6.07) is 5.48. The van der Waals surface area contributed by atoms with Crippen LogP contribution in [0.3, 0.4) is 0 Å². The molecule has 6 heteroatoms. The Kier molecular flexibility index (Phi) is 5.05. The minimum Gasteiger partial charge on any atom is -0.349 e. The summed E-state index contributed by atoms with van der Waals surface area (Å²) in [7, 11) is 0. The van der Waals surface area contributed by atoms with Crippen molar-refractivity contribution in [3.63, 3.8) is 0 Å². The maximum atomic E-state index is 13.3. The van der Waals surface area contributed by atoms with E-state index >= 15 is 0 Å². The van der Waals surface area contributed by atoms with E-state index in [-0.39, 0.29) is 12.2 Å². The van der Waals surface area contributed by atoms with E-state index in [1.54, 1.807) is 0 Å². The smallest absolute Gasteiger partial charge is 0.274 e. The predicted octanol–water partition coefficient (Wildman–Crippen LogP) is 3.08. The Labute approximate surface area is 122 Å². The van der Waals surface area contributed by atoms with Crippen LogP contribution < -0.4 is 5.32 Å². The molecule has 1 heterocycles. The third kappa shape index (κ3) is 4.13. The van der Waals surface area contributed by atoms with E-state index in [1.165, 1.54) is 12.1 Å². The van der Waals surface area contributed by atoms with Crippen molar-refractivity contribution >= 4 is 5.69 Å². The summed E-state index contributed by atoms with van der Waals surface area (Å²) in [5, 5.41) is 14.3. The van der Waals surface area contributed by atoms with Crippen LogP contribution in [0.25, 0.3) is 0 Å². The number of nitro benzene ring substituents is 1. The molecule has 1 N–H and O–H groups in total. The van der Waals surface area contributed by atoms with Crippen LogP contribution in [0.4, 0.5) is 10.1 Å². The van der Waals surface area contributed by atoms with E-state index in [9.17, 15) is 14.5 Å². The number of halogens is 1. The molecule has 1 aromatic carbocycles. The summed E-state index contributed by atoms with van der Waals surface area (Å²) >= 11 is 0. The number of nitro groups is 1. The first kappa shape index (κ1) is 15.2. The highest BCUT2D eigenvalue weighted by Gasteiger charge is 2.14. The summed E-state index contributed by atoms with van der Waals surface area (Å²) in [5.74, 6) is -0.465. The van der Waals surface area contributed by atoms with Crippen molar-refractivity contribution in [2.75, 3.05) is 6.54 Å². The number of nitrogens with one attached hydrogen (secondary N) is 1. The van der Waals surface area contributed by atoms with Crippen LogP contribution in [0.2, 0.25) is 0 Å². The molecule has 5 nitrogen and oxygen atoms in total. The molecule has 0 aliphatic carbocycles. The SMILES string of the molecule is CCCNCc1ccn(Cc2cc(F)ccc2[N+](=O)[O-])c1. The van der Waals surface area contributed by atoms with Crippen molar-refractivity contribution in [2.45, 2.75) is 26.4 Å². The lowest BCUT2D eigenvalue weighted by atomic mass is 10.1. The molecule has 0 fully saturated rings. The van der Waals surface area contributed by atoms with E-state index in [4.69, 9.17) is 0 Å². The molecule has 21 heavy (non-hydrogen) atoms. The highest BCUT2D eigenvalue weighted by Crippen LogP contribution is 2.21. The van der Waals surface area contributed by atoms with Gasteiger partial charge in [-0.2, -0.15) is 0 Å². The van der Waals surface area contributed by atoms with Crippen molar-refractivity contribution in [2.24, 2.45) is 0 Å². The fourth-order valence-corrected chi connectivity index (χ4v) is 2.16. The van der Waals surface area contributed by atoms with Gasteiger partial charge >= 0.3 is 0 Å². The van der Waals surface area contributed by atoms with Gasteiger partial charge in [-0.3, -0.25) is 10.1 Å². The molecule has 0 aliphatic heterocycles. The fraction of sp³-hybridized carbons (Fsp3) is 0.333. The monoisotopic (exact) mass is 291 g/mol. The van der Waals surface area contributed by atoms with Gasteiger partial charge in [-0.1, -0.05) is 6.92 Å². The van der Waals surface area contributed by atoms with Crippen LogP contribution in [0, 0.1) is 15.9 Å². The van der Waals surface area contributed by atoms with E-state index < -0.39 is 10.7 Å². The molecule has 0 radical (unpaired) electrons. The quantitative estimate of drug-likeness (QED) is 0.484. The highest BCUT2D eigenvalue weighted by molar-refractivity contribution is 5.40. The van der Waals surface area contributed by atoms with Crippen LogP contribution in [0.1, 0.15) is 24.5 Å². The first-order valence-corrected chi connectivity index (χ1v) is 6.88. The van der Waals surface area contributed by atoms with Gasteiger partial charge in [0.25, 0.3) is 5.69 Å². The van der Waals surface area contributed by atoms with Gasteiger partial charge in [0.2, 0.25) is 0 Å². The lowest BCUT2D eigenvalue weighted by molar-refractivity contribution is -0.385. The van der Waals surface area contributed by atoms with Crippen LogP contribution in [0.15, 0.2) is 36.7 Å². The topological polar surface area (TPSA) is 60.1 Å². The largest absolute Gasteiger partial charge is 0.349 e. The average Bonchev–Trinajstić information content (AvgIpc) is 2.86. The Morgan fingerprint density at radius 2 is 2.19 bits per heavy atom. The Morgan fingerprint density at radius 3 is 2.90 bits per heavy atom. The van der Waals surface area contributed by atoms with Gasteiger partial charge in [0.1, 0.15) is 5.82 Å². The molecule has 0 saturated carbocycles. The number of aromatic nitrogens is 1. The summed E-state index contributed by atoms with van der Waals surface area (Å²) in [5.41, 5.74) is 1.40. The lowest BCUT2D eigenvalue weighted by Crippen LogP contribution is -2.13. The van der Waals surface area contributed by atoms with Crippen molar-refractivity contribution < 1.29 is 9.31 Å². The number of benzene rings is 1. The van der Waals surface area contributed by atoms with Crippen LogP contribution in [-0.2, 0) is 13.1 Å². The summed E-state index contributed by atoms with van der Waals surface area (Å²) < 4.78 is 15.1. The van der Waals surface area contributed by atoms with Crippen LogP contribution in [0.5, 0.6) is 0 Å². The molecule has 0 amide bonds. The Hall–Kier alpha value is -2.21. The fourth-order valence-electron chi connectivity index (χ4n) is 2.16. The summed E-state index contributed by atoms with van der Waals surface area (Å²) in [6.07, 6.45) is 4.82. The standard InChI is InChI=1S/C15H18FN3O2/c1-2-6-17-9-12-5-7-18(10-12)11-13-8-14(16)3-4-15(13)19(20)21/h3-5,7-8,10,17H,2,6,9,11H2,1H3. The van der Waals surface area contributed by atoms with E-state index in [1.807, 2.05) is 23.0 Å². The Bertz CT molecular complexity index is 625. The lowest BCUT2D eigenvalue weighted by Gasteiger charge is -2.05. The molecule has 0 atom stereocenters. The molecule has 0 spiro atoms. The number of hydrogen-bond acceptors (Lipinski definition) is 3. The molecule has 0 aliphatic rings. The van der Waals surface area contributed by atoms with Crippen molar-refractivity contribution in [3.05, 3.63) is 63.7 Å². The summed E-state index contributed by atoms with van der Waals surface area (Å²) in [6.45, 7) is 4.08. The second kappa shape index (κ2) is 6.99. The third-order valence-corrected chi connectivity index (χ3v) is 3.16. The van der Waals surface area contributed by atoms with Crippen LogP contribution in [-0.4, -0.2) is 16.0 Å².